The van der Waals surface area contributed by atoms with Crippen LogP contribution in [0.3, 0.4) is 0 Å². The van der Waals surface area contributed by atoms with Gasteiger partial charge >= 0.3 is 0 Å². The lowest BCUT2D eigenvalue weighted by Crippen LogP contribution is -2.20. The first kappa shape index (κ1) is 17.4. The van der Waals surface area contributed by atoms with Crippen LogP contribution in [0.15, 0.2) is 53.1 Å². The lowest BCUT2D eigenvalue weighted by Gasteiger charge is -2.03. The Kier molecular flexibility index (Phi) is 6.08. The Hall–Kier alpha value is -1.97. The minimum absolute atomic E-state index is 0.113. The molecule has 0 aromatic heterocycles. The summed E-state index contributed by atoms with van der Waals surface area (Å²) in [6.07, 6.45) is 8.44. The number of aliphatic imine (C=N–C) groups is 1. The Labute approximate surface area is 145 Å². The first-order chi connectivity index (χ1) is 11.0. The number of allylic oxidation sites excluding steroid dienone is 5. The molecule has 0 heterocycles. The summed E-state index contributed by atoms with van der Waals surface area (Å²) in [5, 5.41) is 0.855. The van der Waals surface area contributed by atoms with E-state index in [9.17, 15) is 9.59 Å². The van der Waals surface area contributed by atoms with Gasteiger partial charge in [-0.25, -0.2) is 0 Å². The maximum atomic E-state index is 12.4. The molecule has 0 unspecified atom stereocenters. The van der Waals surface area contributed by atoms with Gasteiger partial charge in [0.1, 0.15) is 0 Å². The van der Waals surface area contributed by atoms with E-state index in [1.165, 1.54) is 12.2 Å². The molecule has 1 aliphatic carbocycles. The maximum Gasteiger partial charge on any atom is 0.210 e. The Balaban J connectivity index is 2.21. The van der Waals surface area contributed by atoms with Gasteiger partial charge in [0.05, 0.1) is 21.3 Å². The SMILES string of the molecule is CCN=C1CC=CC=C(C(=O)/C=C/c2ccc(Cl)c(Cl)c2)C1=O. The highest BCUT2D eigenvalue weighted by molar-refractivity contribution is 6.53. The number of nitrogens with zero attached hydrogens (tertiary/aromatic N) is 1. The predicted octanol–water partition coefficient (Wildman–Crippen LogP) is 4.49. The summed E-state index contributed by atoms with van der Waals surface area (Å²) in [5.74, 6) is -0.683. The zero-order valence-electron chi connectivity index (χ0n) is 12.6. The average Bonchev–Trinajstić information content (AvgIpc) is 2.71. The molecule has 0 bridgehead atoms. The number of carbonyl (C=O) groups is 2. The van der Waals surface area contributed by atoms with E-state index >= 15 is 0 Å². The highest BCUT2D eigenvalue weighted by Gasteiger charge is 2.21. The summed E-state index contributed by atoms with van der Waals surface area (Å²) in [6, 6.07) is 5.05. The summed E-state index contributed by atoms with van der Waals surface area (Å²) in [5.41, 5.74) is 1.25. The molecule has 0 aliphatic heterocycles. The van der Waals surface area contributed by atoms with Crippen LogP contribution in [0.4, 0.5) is 0 Å². The molecule has 0 N–H and O–H groups in total. The lowest BCUT2D eigenvalue weighted by molar-refractivity contribution is -0.116. The number of hydrogen-bond acceptors (Lipinski definition) is 3. The van der Waals surface area contributed by atoms with Gasteiger partial charge in [0.25, 0.3) is 0 Å². The van der Waals surface area contributed by atoms with Crippen molar-refractivity contribution in [3.05, 3.63) is 63.7 Å². The number of rotatable bonds is 4. The van der Waals surface area contributed by atoms with Gasteiger partial charge < -0.3 is 0 Å². The molecule has 1 aliphatic rings. The maximum absolute atomic E-state index is 12.4. The third-order valence-corrected chi connectivity index (χ3v) is 3.94. The standard InChI is InChI=1S/C18H15Cl2NO2/c1-2-21-16-6-4-3-5-13(18(16)23)17(22)10-8-12-7-9-14(19)15(20)11-12/h3-5,7-11H,2,6H2,1H3/b10-8+,21-16?. The number of ketones is 2. The molecule has 0 saturated carbocycles. The van der Waals surface area contributed by atoms with Gasteiger partial charge in [-0.2, -0.15) is 0 Å². The van der Waals surface area contributed by atoms with Gasteiger partial charge in [0.2, 0.25) is 5.78 Å². The Bertz CT molecular complexity index is 758. The minimum atomic E-state index is -0.364. The van der Waals surface area contributed by atoms with E-state index in [0.29, 0.717) is 28.7 Å². The van der Waals surface area contributed by atoms with Crippen molar-refractivity contribution in [3.63, 3.8) is 0 Å². The van der Waals surface area contributed by atoms with Gasteiger partial charge in [-0.1, -0.05) is 47.5 Å². The van der Waals surface area contributed by atoms with Crippen molar-refractivity contribution >= 4 is 46.6 Å². The normalized spacial score (nSPS) is 16.7. The number of benzene rings is 1. The molecular formula is C18H15Cl2NO2. The second kappa shape index (κ2) is 8.04. The average molecular weight is 348 g/mol. The van der Waals surface area contributed by atoms with E-state index in [0.717, 1.165) is 5.56 Å². The highest BCUT2D eigenvalue weighted by atomic mass is 35.5. The summed E-state index contributed by atoms with van der Waals surface area (Å²) >= 11 is 11.8. The van der Waals surface area contributed by atoms with E-state index in [1.54, 1.807) is 30.4 Å². The number of carbonyl (C=O) groups excluding carboxylic acids is 2. The third kappa shape index (κ3) is 4.50. The van der Waals surface area contributed by atoms with Crippen LogP contribution < -0.4 is 0 Å². The predicted molar refractivity (Wildman–Crippen MR) is 95.3 cm³/mol. The second-order valence-electron chi connectivity index (χ2n) is 4.83. The molecule has 0 saturated heterocycles. The first-order valence-corrected chi connectivity index (χ1v) is 7.90. The molecule has 0 radical (unpaired) electrons. The third-order valence-electron chi connectivity index (χ3n) is 3.20. The van der Waals surface area contributed by atoms with E-state index in [2.05, 4.69) is 4.99 Å². The fourth-order valence-corrected chi connectivity index (χ4v) is 2.37. The van der Waals surface area contributed by atoms with E-state index in [1.807, 2.05) is 13.0 Å². The number of Topliss-reactive ketones (excluding diaryl/α,β-unsaturated/α-hetero) is 1. The van der Waals surface area contributed by atoms with Crippen LogP contribution in [0.5, 0.6) is 0 Å². The van der Waals surface area contributed by atoms with Crippen molar-refractivity contribution in [2.24, 2.45) is 4.99 Å². The monoisotopic (exact) mass is 347 g/mol. The van der Waals surface area contributed by atoms with Crippen molar-refractivity contribution in [1.82, 2.24) is 0 Å². The van der Waals surface area contributed by atoms with Gasteiger partial charge in [0.15, 0.2) is 5.78 Å². The number of halogens is 2. The van der Waals surface area contributed by atoms with E-state index in [-0.39, 0.29) is 17.1 Å². The molecule has 1 aromatic rings. The molecular weight excluding hydrogens is 333 g/mol. The quantitative estimate of drug-likeness (QED) is 0.594. The van der Waals surface area contributed by atoms with E-state index in [4.69, 9.17) is 23.2 Å². The fraction of sp³-hybridized carbons (Fsp3) is 0.167. The van der Waals surface area contributed by atoms with Crippen molar-refractivity contribution in [2.45, 2.75) is 13.3 Å². The molecule has 1 aromatic carbocycles. The van der Waals surface area contributed by atoms with Crippen LogP contribution in [-0.2, 0) is 9.59 Å². The van der Waals surface area contributed by atoms with Crippen molar-refractivity contribution in [1.29, 1.82) is 0 Å². The van der Waals surface area contributed by atoms with Gasteiger partial charge in [-0.05, 0) is 36.8 Å². The molecule has 5 heteroatoms. The molecule has 0 fully saturated rings. The second-order valence-corrected chi connectivity index (χ2v) is 5.65. The van der Waals surface area contributed by atoms with Crippen LogP contribution in [0.25, 0.3) is 6.08 Å². The molecule has 2 rings (SSSR count). The smallest absolute Gasteiger partial charge is 0.210 e. The topological polar surface area (TPSA) is 46.5 Å². The van der Waals surface area contributed by atoms with Crippen LogP contribution in [0, 0.1) is 0 Å². The molecule has 0 amide bonds. The Morgan fingerprint density at radius 2 is 2.09 bits per heavy atom. The zero-order chi connectivity index (χ0) is 16.8. The van der Waals surface area contributed by atoms with Crippen LogP contribution >= 0.6 is 23.2 Å². The highest BCUT2D eigenvalue weighted by Crippen LogP contribution is 2.23. The van der Waals surface area contributed by atoms with Crippen molar-refractivity contribution < 1.29 is 9.59 Å². The van der Waals surface area contributed by atoms with Crippen LogP contribution in [-0.4, -0.2) is 23.8 Å². The summed E-state index contributed by atoms with van der Waals surface area (Å²) in [6.45, 7) is 2.36. The minimum Gasteiger partial charge on any atom is -0.289 e. The molecule has 118 valence electrons. The van der Waals surface area contributed by atoms with E-state index < -0.39 is 0 Å². The zero-order valence-corrected chi connectivity index (χ0v) is 14.1. The lowest BCUT2D eigenvalue weighted by atomic mass is 10.0. The van der Waals surface area contributed by atoms with Gasteiger partial charge in [-0.15, -0.1) is 0 Å². The van der Waals surface area contributed by atoms with Crippen molar-refractivity contribution in [2.75, 3.05) is 6.54 Å². The number of hydrogen-bond donors (Lipinski definition) is 0. The first-order valence-electron chi connectivity index (χ1n) is 7.15. The van der Waals surface area contributed by atoms with Crippen LogP contribution in [0.2, 0.25) is 10.0 Å². The molecule has 0 spiro atoms. The van der Waals surface area contributed by atoms with Gasteiger partial charge in [0, 0.05) is 13.0 Å². The molecule has 0 atom stereocenters. The summed E-state index contributed by atoms with van der Waals surface area (Å²) in [4.78, 5) is 28.8. The largest absolute Gasteiger partial charge is 0.289 e. The Morgan fingerprint density at radius 3 is 2.78 bits per heavy atom. The Morgan fingerprint density at radius 1 is 1.30 bits per heavy atom. The molecule has 23 heavy (non-hydrogen) atoms. The van der Waals surface area contributed by atoms with Gasteiger partial charge in [-0.3, -0.25) is 14.6 Å². The van der Waals surface area contributed by atoms with Crippen LogP contribution in [0.1, 0.15) is 18.9 Å². The molecule has 3 nitrogen and oxygen atoms in total. The summed E-state index contributed by atoms with van der Waals surface area (Å²) < 4.78 is 0. The summed E-state index contributed by atoms with van der Waals surface area (Å²) in [7, 11) is 0. The fourth-order valence-electron chi connectivity index (χ4n) is 2.07. The van der Waals surface area contributed by atoms with Crippen molar-refractivity contribution in [3.8, 4) is 0 Å².